The summed E-state index contributed by atoms with van der Waals surface area (Å²) >= 11 is 4.80. The smallest absolute Gasteiger partial charge is 0.232 e. The van der Waals surface area contributed by atoms with E-state index in [-0.39, 0.29) is 29.7 Å². The second-order valence-electron chi connectivity index (χ2n) is 6.23. The first kappa shape index (κ1) is 16.7. The molecule has 0 N–H and O–H groups in total. The maximum Gasteiger partial charge on any atom is 0.232 e. The third kappa shape index (κ3) is 2.87. The van der Waals surface area contributed by atoms with E-state index in [1.54, 1.807) is 23.5 Å². The highest BCUT2D eigenvalue weighted by Gasteiger charge is 2.40. The summed E-state index contributed by atoms with van der Waals surface area (Å²) in [6.07, 6.45) is 1.99. The highest BCUT2D eigenvalue weighted by atomic mass is 79.9. The molecule has 1 atom stereocenters. The minimum Gasteiger partial charge on any atom is -0.294 e. The second kappa shape index (κ2) is 6.50. The molecule has 0 spiro atoms. The third-order valence-electron chi connectivity index (χ3n) is 4.71. The van der Waals surface area contributed by atoms with E-state index < -0.39 is 5.82 Å². The topological polar surface area (TPSA) is 37.4 Å². The second-order valence-corrected chi connectivity index (χ2v) is 8.13. The number of hydrogen-bond acceptors (Lipinski definition) is 3. The van der Waals surface area contributed by atoms with Gasteiger partial charge in [-0.05, 0) is 42.5 Å². The van der Waals surface area contributed by atoms with E-state index in [0.717, 1.165) is 4.88 Å². The molecule has 6 heteroatoms. The summed E-state index contributed by atoms with van der Waals surface area (Å²) in [5.74, 6) is -0.755. The van der Waals surface area contributed by atoms with Crippen molar-refractivity contribution in [1.82, 2.24) is 0 Å². The van der Waals surface area contributed by atoms with Gasteiger partial charge in [0.25, 0.3) is 0 Å². The van der Waals surface area contributed by atoms with Crippen molar-refractivity contribution in [3.8, 4) is 0 Å². The number of carbonyl (C=O) groups excluding carboxylic acids is 2. The fourth-order valence-electron chi connectivity index (χ4n) is 3.67. The first-order valence-corrected chi connectivity index (χ1v) is 9.81. The molecule has 1 aliphatic heterocycles. The molecule has 128 valence electrons. The van der Waals surface area contributed by atoms with Gasteiger partial charge in [-0.3, -0.25) is 14.5 Å². The van der Waals surface area contributed by atoms with Crippen LogP contribution in [0.5, 0.6) is 0 Å². The number of carbonyl (C=O) groups is 2. The molecule has 2 heterocycles. The van der Waals surface area contributed by atoms with Gasteiger partial charge in [-0.15, -0.1) is 11.3 Å². The van der Waals surface area contributed by atoms with Crippen LogP contribution in [0.4, 0.5) is 10.1 Å². The van der Waals surface area contributed by atoms with Crippen molar-refractivity contribution in [2.75, 3.05) is 4.90 Å². The van der Waals surface area contributed by atoms with Crippen molar-refractivity contribution in [1.29, 1.82) is 0 Å². The first-order chi connectivity index (χ1) is 12.1. The van der Waals surface area contributed by atoms with Gasteiger partial charge >= 0.3 is 0 Å². The van der Waals surface area contributed by atoms with E-state index >= 15 is 0 Å². The number of ketones is 1. The maximum absolute atomic E-state index is 14.5. The quantitative estimate of drug-likeness (QED) is 0.672. The number of allylic oxidation sites excluding steroid dienone is 2. The van der Waals surface area contributed by atoms with Crippen molar-refractivity contribution in [3.63, 3.8) is 0 Å². The molecule has 0 fully saturated rings. The Morgan fingerprint density at radius 1 is 1.20 bits per heavy atom. The number of hydrogen-bond donors (Lipinski definition) is 0. The van der Waals surface area contributed by atoms with Gasteiger partial charge in [-0.25, -0.2) is 4.39 Å². The van der Waals surface area contributed by atoms with E-state index in [0.29, 0.717) is 35.0 Å². The van der Waals surface area contributed by atoms with Crippen LogP contribution in [0.25, 0.3) is 0 Å². The lowest BCUT2D eigenvalue weighted by Crippen LogP contribution is -2.40. The molecule has 2 aromatic rings. The number of nitrogens with zero attached hydrogens (tertiary/aromatic N) is 1. The van der Waals surface area contributed by atoms with Crippen LogP contribution in [0.15, 0.2) is 51.5 Å². The van der Waals surface area contributed by atoms with Gasteiger partial charge in [-0.1, -0.05) is 22.0 Å². The largest absolute Gasteiger partial charge is 0.294 e. The van der Waals surface area contributed by atoms with Crippen LogP contribution < -0.4 is 4.90 Å². The van der Waals surface area contributed by atoms with Crippen LogP contribution in [0.1, 0.15) is 36.5 Å². The first-order valence-electron chi connectivity index (χ1n) is 8.14. The maximum atomic E-state index is 14.5. The zero-order chi connectivity index (χ0) is 17.6. The fraction of sp³-hybridized carbons (Fsp3) is 0.263. The molecule has 0 saturated heterocycles. The summed E-state index contributed by atoms with van der Waals surface area (Å²) in [5, 5.41) is 1.95. The molecule has 2 aliphatic rings. The molecule has 1 unspecified atom stereocenters. The minimum atomic E-state index is -0.470. The summed E-state index contributed by atoms with van der Waals surface area (Å²) in [4.78, 5) is 28.0. The zero-order valence-electron chi connectivity index (χ0n) is 13.3. The van der Waals surface area contributed by atoms with Gasteiger partial charge in [0.15, 0.2) is 5.78 Å². The van der Waals surface area contributed by atoms with Crippen molar-refractivity contribution < 1.29 is 14.0 Å². The van der Waals surface area contributed by atoms with E-state index in [1.807, 2.05) is 17.5 Å². The Balaban J connectivity index is 1.88. The lowest BCUT2D eigenvalue weighted by atomic mass is 9.79. The molecule has 0 radical (unpaired) electrons. The molecule has 1 aromatic heterocycles. The van der Waals surface area contributed by atoms with Crippen molar-refractivity contribution in [2.45, 2.75) is 31.6 Å². The Bertz CT molecular complexity index is 891. The number of thiophene rings is 1. The Morgan fingerprint density at radius 2 is 2.04 bits per heavy atom. The molecule has 3 nitrogen and oxygen atoms in total. The summed E-state index contributed by atoms with van der Waals surface area (Å²) < 4.78 is 15.1. The van der Waals surface area contributed by atoms with Gasteiger partial charge in [-0.2, -0.15) is 0 Å². The average Bonchev–Trinajstić information content (AvgIpc) is 3.10. The summed E-state index contributed by atoms with van der Waals surface area (Å²) in [5.41, 5.74) is 1.59. The van der Waals surface area contributed by atoms with Crippen molar-refractivity contribution >= 4 is 44.6 Å². The number of Topliss-reactive ketones (excluding diaryl/α,β-unsaturated/α-hetero) is 1. The zero-order valence-corrected chi connectivity index (χ0v) is 15.7. The molecule has 0 bridgehead atoms. The summed E-state index contributed by atoms with van der Waals surface area (Å²) in [7, 11) is 0. The highest BCUT2D eigenvalue weighted by Crippen LogP contribution is 2.44. The number of anilines is 1. The predicted octanol–water partition coefficient (Wildman–Crippen LogP) is 5.18. The minimum absolute atomic E-state index is 0.0784. The SMILES string of the molecule is O=C1CCCC2=C1C(c1cccs1)CC(=O)N2c1ccc(Br)cc1F. The van der Waals surface area contributed by atoms with Crippen LogP contribution in [0.2, 0.25) is 0 Å². The van der Waals surface area contributed by atoms with E-state index in [2.05, 4.69) is 15.9 Å². The van der Waals surface area contributed by atoms with Crippen LogP contribution in [0.3, 0.4) is 0 Å². The fourth-order valence-corrected chi connectivity index (χ4v) is 4.84. The van der Waals surface area contributed by atoms with Crippen molar-refractivity contribution in [2.24, 2.45) is 0 Å². The molecule has 1 aliphatic carbocycles. The van der Waals surface area contributed by atoms with E-state index in [1.165, 1.54) is 11.0 Å². The number of rotatable bonds is 2. The predicted molar refractivity (Wildman–Crippen MR) is 99.1 cm³/mol. The van der Waals surface area contributed by atoms with Gasteiger partial charge < -0.3 is 0 Å². The Morgan fingerprint density at radius 3 is 2.76 bits per heavy atom. The monoisotopic (exact) mass is 419 g/mol. The van der Waals surface area contributed by atoms with E-state index in [4.69, 9.17) is 0 Å². The van der Waals surface area contributed by atoms with Crippen LogP contribution >= 0.6 is 27.3 Å². The molecule has 1 aromatic carbocycles. The number of amides is 1. The highest BCUT2D eigenvalue weighted by molar-refractivity contribution is 9.10. The summed E-state index contributed by atoms with van der Waals surface area (Å²) in [6.45, 7) is 0. The normalized spacial score (nSPS) is 20.9. The Kier molecular flexibility index (Phi) is 4.33. The molecular formula is C19H15BrFNO2S. The third-order valence-corrected chi connectivity index (χ3v) is 6.19. The Labute approximate surface area is 157 Å². The molecule has 1 amide bonds. The standard InChI is InChI=1S/C19H15BrFNO2S/c20-11-6-7-14(13(21)9-11)22-15-3-1-4-16(23)19(15)12(10-18(22)24)17-5-2-8-25-17/h2,5-9,12H,1,3-4,10H2. The van der Waals surface area contributed by atoms with Gasteiger partial charge in [0, 0.05) is 39.4 Å². The van der Waals surface area contributed by atoms with Gasteiger partial charge in [0.05, 0.1) is 5.69 Å². The van der Waals surface area contributed by atoms with E-state index in [9.17, 15) is 14.0 Å². The summed E-state index contributed by atoms with van der Waals surface area (Å²) in [6, 6.07) is 8.54. The van der Waals surface area contributed by atoms with Gasteiger partial charge in [0.1, 0.15) is 5.82 Å². The number of halogens is 2. The van der Waals surface area contributed by atoms with Crippen molar-refractivity contribution in [3.05, 3.63) is 62.1 Å². The Hall–Kier alpha value is -1.79. The molecule has 25 heavy (non-hydrogen) atoms. The lowest BCUT2D eigenvalue weighted by Gasteiger charge is -2.38. The molecule has 4 rings (SSSR count). The lowest BCUT2D eigenvalue weighted by molar-refractivity contribution is -0.119. The van der Waals surface area contributed by atoms with Crippen LogP contribution in [0, 0.1) is 5.82 Å². The molecular weight excluding hydrogens is 405 g/mol. The average molecular weight is 420 g/mol. The number of benzene rings is 1. The van der Waals surface area contributed by atoms with Crippen LogP contribution in [-0.4, -0.2) is 11.7 Å². The molecule has 0 saturated carbocycles. The van der Waals surface area contributed by atoms with Gasteiger partial charge in [0.2, 0.25) is 5.91 Å². The van der Waals surface area contributed by atoms with Crippen LogP contribution in [-0.2, 0) is 9.59 Å².